The second-order valence-corrected chi connectivity index (χ2v) is 5.70. The highest BCUT2D eigenvalue weighted by atomic mass is 16.5. The van der Waals surface area contributed by atoms with Crippen LogP contribution in [0.3, 0.4) is 0 Å². The quantitative estimate of drug-likeness (QED) is 0.656. The molecule has 7 nitrogen and oxygen atoms in total. The Morgan fingerprint density at radius 3 is 2.30 bits per heavy atom. The zero-order chi connectivity index (χ0) is 19.6. The topological polar surface area (TPSA) is 85.9 Å². The standard InChI is InChI=1S/C20H24N2O5/c1-25-16-6-4-5-15(13-16)20(24)22-10-9-21-19(23)12-14-7-8-17(26-2)18(11-14)27-3/h4-8,11,13H,9-10,12H2,1-3H3,(H,21,23)(H,22,24). The predicted molar refractivity (Wildman–Crippen MR) is 102 cm³/mol. The second kappa shape index (κ2) is 10.1. The van der Waals surface area contributed by atoms with Gasteiger partial charge in [-0.15, -0.1) is 0 Å². The van der Waals surface area contributed by atoms with Crippen LogP contribution < -0.4 is 24.8 Å². The Bertz CT molecular complexity index is 792. The van der Waals surface area contributed by atoms with Crippen molar-refractivity contribution in [1.29, 1.82) is 0 Å². The lowest BCUT2D eigenvalue weighted by atomic mass is 10.1. The average Bonchev–Trinajstić information content (AvgIpc) is 2.70. The Balaban J connectivity index is 1.76. The maximum atomic E-state index is 12.1. The lowest BCUT2D eigenvalue weighted by Crippen LogP contribution is -2.35. The first-order valence-corrected chi connectivity index (χ1v) is 8.47. The summed E-state index contributed by atoms with van der Waals surface area (Å²) in [6, 6.07) is 12.2. The summed E-state index contributed by atoms with van der Waals surface area (Å²) in [6.07, 6.45) is 0.212. The molecule has 2 amide bonds. The molecule has 2 rings (SSSR count). The maximum absolute atomic E-state index is 12.1. The van der Waals surface area contributed by atoms with Crippen LogP contribution in [-0.4, -0.2) is 46.2 Å². The van der Waals surface area contributed by atoms with Crippen molar-refractivity contribution in [3.05, 3.63) is 53.6 Å². The fraction of sp³-hybridized carbons (Fsp3) is 0.300. The smallest absolute Gasteiger partial charge is 0.251 e. The van der Waals surface area contributed by atoms with E-state index in [-0.39, 0.29) is 18.2 Å². The molecule has 2 aromatic rings. The number of hydrogen-bond donors (Lipinski definition) is 2. The second-order valence-electron chi connectivity index (χ2n) is 5.70. The molecule has 0 atom stereocenters. The molecule has 27 heavy (non-hydrogen) atoms. The van der Waals surface area contributed by atoms with Gasteiger partial charge in [-0.1, -0.05) is 12.1 Å². The lowest BCUT2D eigenvalue weighted by molar-refractivity contribution is -0.120. The highest BCUT2D eigenvalue weighted by Crippen LogP contribution is 2.27. The molecule has 0 fully saturated rings. The third-order valence-corrected chi connectivity index (χ3v) is 3.88. The van der Waals surface area contributed by atoms with Gasteiger partial charge in [0.1, 0.15) is 5.75 Å². The molecule has 0 radical (unpaired) electrons. The Kier molecular flexibility index (Phi) is 7.49. The predicted octanol–water partition coefficient (Wildman–Crippen LogP) is 1.80. The number of carbonyl (C=O) groups excluding carboxylic acids is 2. The first-order chi connectivity index (χ1) is 13.1. The molecule has 0 spiro atoms. The van der Waals surface area contributed by atoms with Crippen LogP contribution >= 0.6 is 0 Å². The van der Waals surface area contributed by atoms with Crippen molar-refractivity contribution in [3.8, 4) is 17.2 Å². The number of methoxy groups -OCH3 is 3. The summed E-state index contributed by atoms with van der Waals surface area (Å²) in [5, 5.41) is 5.53. The van der Waals surface area contributed by atoms with E-state index in [1.54, 1.807) is 57.7 Å². The zero-order valence-electron chi connectivity index (χ0n) is 15.7. The monoisotopic (exact) mass is 372 g/mol. The molecule has 0 aliphatic heterocycles. The minimum Gasteiger partial charge on any atom is -0.497 e. The van der Waals surface area contributed by atoms with E-state index in [9.17, 15) is 9.59 Å². The molecule has 7 heteroatoms. The Hall–Kier alpha value is -3.22. The summed E-state index contributed by atoms with van der Waals surface area (Å²) >= 11 is 0. The molecule has 2 N–H and O–H groups in total. The molecule has 0 aromatic heterocycles. The van der Waals surface area contributed by atoms with Gasteiger partial charge in [-0.05, 0) is 35.9 Å². The van der Waals surface area contributed by atoms with Crippen molar-refractivity contribution in [2.75, 3.05) is 34.4 Å². The van der Waals surface area contributed by atoms with Gasteiger partial charge in [0.05, 0.1) is 27.8 Å². The highest BCUT2D eigenvalue weighted by molar-refractivity contribution is 5.94. The molecule has 0 heterocycles. The molecule has 144 valence electrons. The van der Waals surface area contributed by atoms with Crippen LogP contribution in [0.1, 0.15) is 15.9 Å². The zero-order valence-corrected chi connectivity index (χ0v) is 15.7. The van der Waals surface area contributed by atoms with Crippen molar-refractivity contribution >= 4 is 11.8 Å². The van der Waals surface area contributed by atoms with E-state index in [0.717, 1.165) is 5.56 Å². The van der Waals surface area contributed by atoms with E-state index in [4.69, 9.17) is 14.2 Å². The fourth-order valence-corrected chi connectivity index (χ4v) is 2.48. The minimum atomic E-state index is -0.219. The van der Waals surface area contributed by atoms with Gasteiger partial charge >= 0.3 is 0 Å². The number of hydrogen-bond acceptors (Lipinski definition) is 5. The van der Waals surface area contributed by atoms with Crippen LogP contribution in [-0.2, 0) is 11.2 Å². The number of carbonyl (C=O) groups is 2. The molecule has 0 aliphatic carbocycles. The SMILES string of the molecule is COc1cccc(C(=O)NCCNC(=O)Cc2ccc(OC)c(OC)c2)c1. The molecule has 0 bridgehead atoms. The van der Waals surface area contributed by atoms with Gasteiger partial charge in [0.2, 0.25) is 5.91 Å². The van der Waals surface area contributed by atoms with Gasteiger partial charge in [-0.25, -0.2) is 0 Å². The van der Waals surface area contributed by atoms with E-state index in [1.807, 2.05) is 6.07 Å². The third kappa shape index (κ3) is 5.91. The van der Waals surface area contributed by atoms with Crippen LogP contribution in [0.4, 0.5) is 0 Å². The summed E-state index contributed by atoms with van der Waals surface area (Å²) < 4.78 is 15.5. The Morgan fingerprint density at radius 2 is 1.59 bits per heavy atom. The van der Waals surface area contributed by atoms with Crippen molar-refractivity contribution < 1.29 is 23.8 Å². The molecule has 0 aliphatic rings. The first kappa shape index (κ1) is 20.1. The van der Waals surface area contributed by atoms with Crippen LogP contribution in [0, 0.1) is 0 Å². The van der Waals surface area contributed by atoms with E-state index in [0.29, 0.717) is 35.9 Å². The van der Waals surface area contributed by atoms with Gasteiger partial charge in [-0.2, -0.15) is 0 Å². The number of rotatable bonds is 9. The van der Waals surface area contributed by atoms with E-state index >= 15 is 0 Å². The van der Waals surface area contributed by atoms with Crippen LogP contribution in [0.2, 0.25) is 0 Å². The Morgan fingerprint density at radius 1 is 0.852 bits per heavy atom. The molecular formula is C20H24N2O5. The minimum absolute atomic E-state index is 0.141. The highest BCUT2D eigenvalue weighted by Gasteiger charge is 2.09. The van der Waals surface area contributed by atoms with Gasteiger partial charge in [0.15, 0.2) is 11.5 Å². The maximum Gasteiger partial charge on any atom is 0.251 e. The van der Waals surface area contributed by atoms with Crippen molar-refractivity contribution in [2.45, 2.75) is 6.42 Å². The molecule has 0 saturated carbocycles. The molecule has 0 unspecified atom stereocenters. The lowest BCUT2D eigenvalue weighted by Gasteiger charge is -2.10. The van der Waals surface area contributed by atoms with E-state index in [2.05, 4.69) is 10.6 Å². The van der Waals surface area contributed by atoms with Crippen molar-refractivity contribution in [3.63, 3.8) is 0 Å². The van der Waals surface area contributed by atoms with Gasteiger partial charge < -0.3 is 24.8 Å². The molecule has 0 saturated heterocycles. The summed E-state index contributed by atoms with van der Waals surface area (Å²) in [4.78, 5) is 24.1. The first-order valence-electron chi connectivity index (χ1n) is 8.47. The third-order valence-electron chi connectivity index (χ3n) is 3.88. The van der Waals surface area contributed by atoms with Gasteiger partial charge in [0, 0.05) is 18.7 Å². The number of amides is 2. The van der Waals surface area contributed by atoms with E-state index in [1.165, 1.54) is 0 Å². The number of nitrogens with one attached hydrogen (secondary N) is 2. The summed E-state index contributed by atoms with van der Waals surface area (Å²) in [5.41, 5.74) is 1.32. The van der Waals surface area contributed by atoms with Crippen LogP contribution in [0.25, 0.3) is 0 Å². The fourth-order valence-electron chi connectivity index (χ4n) is 2.48. The Labute approximate surface area is 158 Å². The number of ether oxygens (including phenoxy) is 3. The van der Waals surface area contributed by atoms with Gasteiger partial charge in [0.25, 0.3) is 5.91 Å². The summed E-state index contributed by atoms with van der Waals surface area (Å²) in [6.45, 7) is 0.662. The molecular weight excluding hydrogens is 348 g/mol. The van der Waals surface area contributed by atoms with Crippen molar-refractivity contribution in [2.24, 2.45) is 0 Å². The van der Waals surface area contributed by atoms with Crippen LogP contribution in [0.15, 0.2) is 42.5 Å². The van der Waals surface area contributed by atoms with Crippen LogP contribution in [0.5, 0.6) is 17.2 Å². The normalized spacial score (nSPS) is 10.0. The summed E-state index contributed by atoms with van der Waals surface area (Å²) in [7, 11) is 4.65. The van der Waals surface area contributed by atoms with Gasteiger partial charge in [-0.3, -0.25) is 9.59 Å². The molecule has 2 aromatic carbocycles. The summed E-state index contributed by atoms with van der Waals surface area (Å²) in [5.74, 6) is 1.45. The van der Waals surface area contributed by atoms with Crippen molar-refractivity contribution in [1.82, 2.24) is 10.6 Å². The van der Waals surface area contributed by atoms with E-state index < -0.39 is 0 Å². The largest absolute Gasteiger partial charge is 0.497 e. The average molecular weight is 372 g/mol. The number of benzene rings is 2.